The number of carbonyl (C=O) groups is 1. The molecule has 0 aliphatic rings. The van der Waals surface area contributed by atoms with E-state index < -0.39 is 12.0 Å². The van der Waals surface area contributed by atoms with Gasteiger partial charge in [0.1, 0.15) is 5.75 Å². The molecule has 1 atom stereocenters. The Balaban J connectivity index is 2.28. The number of nitrogens with one attached hydrogen (secondary N) is 1. The molecule has 0 aliphatic carbocycles. The molecule has 0 radical (unpaired) electrons. The van der Waals surface area contributed by atoms with Gasteiger partial charge in [0.2, 0.25) is 0 Å². The van der Waals surface area contributed by atoms with Gasteiger partial charge in [-0.2, -0.15) is 5.10 Å². The SMILES string of the molecule is CCn1cc(C(Nc2ccccc2OC)C(=O)O)cn1. The van der Waals surface area contributed by atoms with E-state index in [-0.39, 0.29) is 0 Å². The third kappa shape index (κ3) is 2.90. The average molecular weight is 275 g/mol. The molecule has 20 heavy (non-hydrogen) atoms. The normalized spacial score (nSPS) is 11.9. The standard InChI is InChI=1S/C14H17N3O3/c1-3-17-9-10(8-15-17)13(14(18)19)16-11-6-4-5-7-12(11)20-2/h4-9,13,16H,3H2,1-2H3,(H,18,19). The Kier molecular flexibility index (Phi) is 4.24. The van der Waals surface area contributed by atoms with Crippen molar-refractivity contribution in [2.75, 3.05) is 12.4 Å². The number of ether oxygens (including phenoxy) is 1. The molecule has 0 amide bonds. The third-order valence-corrected chi connectivity index (χ3v) is 2.96. The lowest BCUT2D eigenvalue weighted by atomic mass is 10.1. The van der Waals surface area contributed by atoms with E-state index in [4.69, 9.17) is 4.74 Å². The number of rotatable bonds is 6. The molecule has 0 bridgehead atoms. The highest BCUT2D eigenvalue weighted by Gasteiger charge is 2.22. The smallest absolute Gasteiger partial charge is 0.330 e. The minimum absolute atomic E-state index is 0.599. The van der Waals surface area contributed by atoms with E-state index in [2.05, 4.69) is 10.4 Å². The number of carboxylic acids is 1. The summed E-state index contributed by atoms with van der Waals surface area (Å²) in [6.07, 6.45) is 3.28. The van der Waals surface area contributed by atoms with Gasteiger partial charge in [-0.15, -0.1) is 0 Å². The second kappa shape index (κ2) is 6.10. The van der Waals surface area contributed by atoms with Crippen LogP contribution in [0.5, 0.6) is 5.75 Å². The summed E-state index contributed by atoms with van der Waals surface area (Å²) in [6, 6.07) is 6.33. The van der Waals surface area contributed by atoms with Crippen LogP contribution in [0.3, 0.4) is 0 Å². The predicted octanol–water partition coefficient (Wildman–Crippen LogP) is 2.15. The first-order valence-electron chi connectivity index (χ1n) is 6.30. The van der Waals surface area contributed by atoms with Crippen LogP contribution in [0, 0.1) is 0 Å². The van der Waals surface area contributed by atoms with E-state index in [0.29, 0.717) is 23.5 Å². The molecule has 0 spiro atoms. The third-order valence-electron chi connectivity index (χ3n) is 2.96. The molecule has 1 aromatic carbocycles. The lowest BCUT2D eigenvalue weighted by Gasteiger charge is -2.16. The first-order valence-corrected chi connectivity index (χ1v) is 6.30. The van der Waals surface area contributed by atoms with Gasteiger partial charge in [0, 0.05) is 18.3 Å². The fourth-order valence-corrected chi connectivity index (χ4v) is 1.91. The molecule has 0 saturated heterocycles. The van der Waals surface area contributed by atoms with Gasteiger partial charge in [-0.3, -0.25) is 4.68 Å². The maximum atomic E-state index is 11.5. The Morgan fingerprint density at radius 2 is 2.25 bits per heavy atom. The molecule has 1 heterocycles. The molecular weight excluding hydrogens is 258 g/mol. The Morgan fingerprint density at radius 3 is 2.85 bits per heavy atom. The van der Waals surface area contributed by atoms with E-state index in [1.807, 2.05) is 19.1 Å². The molecule has 0 fully saturated rings. The van der Waals surface area contributed by atoms with Crippen molar-refractivity contribution in [1.29, 1.82) is 0 Å². The summed E-state index contributed by atoms with van der Waals surface area (Å²) in [4.78, 5) is 11.5. The van der Waals surface area contributed by atoms with Gasteiger partial charge < -0.3 is 15.2 Å². The molecular formula is C14H17N3O3. The molecule has 2 rings (SSSR count). The summed E-state index contributed by atoms with van der Waals surface area (Å²) in [5.41, 5.74) is 1.23. The minimum atomic E-state index is -0.966. The molecule has 6 heteroatoms. The van der Waals surface area contributed by atoms with Crippen molar-refractivity contribution < 1.29 is 14.6 Å². The minimum Gasteiger partial charge on any atom is -0.495 e. The van der Waals surface area contributed by atoms with Crippen LogP contribution in [0.25, 0.3) is 0 Å². The maximum absolute atomic E-state index is 11.5. The average Bonchev–Trinajstić information content (AvgIpc) is 2.93. The largest absolute Gasteiger partial charge is 0.495 e. The highest BCUT2D eigenvalue weighted by molar-refractivity contribution is 5.80. The molecule has 0 saturated carbocycles. The van der Waals surface area contributed by atoms with Gasteiger partial charge in [-0.1, -0.05) is 12.1 Å². The summed E-state index contributed by atoms with van der Waals surface area (Å²) in [7, 11) is 1.55. The van der Waals surface area contributed by atoms with Crippen molar-refractivity contribution in [3.05, 3.63) is 42.2 Å². The van der Waals surface area contributed by atoms with Crippen LogP contribution in [0.1, 0.15) is 18.5 Å². The van der Waals surface area contributed by atoms with Crippen molar-refractivity contribution in [3.63, 3.8) is 0 Å². The van der Waals surface area contributed by atoms with Gasteiger partial charge in [0.05, 0.1) is 19.0 Å². The highest BCUT2D eigenvalue weighted by atomic mass is 16.5. The summed E-state index contributed by atoms with van der Waals surface area (Å²) < 4.78 is 6.90. The Bertz CT molecular complexity index is 595. The van der Waals surface area contributed by atoms with Crippen LogP contribution in [-0.2, 0) is 11.3 Å². The van der Waals surface area contributed by atoms with E-state index >= 15 is 0 Å². The van der Waals surface area contributed by atoms with Gasteiger partial charge in [0.15, 0.2) is 6.04 Å². The summed E-state index contributed by atoms with van der Waals surface area (Å²) in [6.45, 7) is 2.64. The fraction of sp³-hybridized carbons (Fsp3) is 0.286. The van der Waals surface area contributed by atoms with Crippen molar-refractivity contribution in [3.8, 4) is 5.75 Å². The lowest BCUT2D eigenvalue weighted by Crippen LogP contribution is -2.20. The fourth-order valence-electron chi connectivity index (χ4n) is 1.91. The van der Waals surface area contributed by atoms with Crippen LogP contribution in [0.15, 0.2) is 36.7 Å². The second-order valence-electron chi connectivity index (χ2n) is 4.25. The van der Waals surface area contributed by atoms with E-state index in [1.165, 1.54) is 0 Å². The number of benzene rings is 1. The molecule has 2 N–H and O–H groups in total. The summed E-state index contributed by atoms with van der Waals surface area (Å²) in [5, 5.41) is 16.5. The molecule has 0 aliphatic heterocycles. The van der Waals surface area contributed by atoms with Crippen molar-refractivity contribution >= 4 is 11.7 Å². The van der Waals surface area contributed by atoms with Crippen LogP contribution >= 0.6 is 0 Å². The van der Waals surface area contributed by atoms with Gasteiger partial charge in [0.25, 0.3) is 0 Å². The second-order valence-corrected chi connectivity index (χ2v) is 4.25. The Morgan fingerprint density at radius 1 is 1.50 bits per heavy atom. The Labute approximate surface area is 117 Å². The van der Waals surface area contributed by atoms with Crippen molar-refractivity contribution in [2.45, 2.75) is 19.5 Å². The number of para-hydroxylation sites is 2. The van der Waals surface area contributed by atoms with E-state index in [0.717, 1.165) is 0 Å². The number of methoxy groups -OCH3 is 1. The number of nitrogens with zero attached hydrogens (tertiary/aromatic N) is 2. The zero-order chi connectivity index (χ0) is 14.5. The molecule has 2 aromatic rings. The summed E-state index contributed by atoms with van der Waals surface area (Å²) >= 11 is 0. The first-order chi connectivity index (χ1) is 9.65. The predicted molar refractivity (Wildman–Crippen MR) is 74.9 cm³/mol. The number of aromatic nitrogens is 2. The van der Waals surface area contributed by atoms with Crippen LogP contribution in [0.4, 0.5) is 5.69 Å². The molecule has 6 nitrogen and oxygen atoms in total. The number of aryl methyl sites for hydroxylation is 1. The maximum Gasteiger partial charge on any atom is 0.330 e. The monoisotopic (exact) mass is 275 g/mol. The number of anilines is 1. The number of aliphatic carboxylic acids is 1. The van der Waals surface area contributed by atoms with Crippen LogP contribution in [0.2, 0.25) is 0 Å². The van der Waals surface area contributed by atoms with E-state index in [1.54, 1.807) is 36.3 Å². The topological polar surface area (TPSA) is 76.4 Å². The van der Waals surface area contributed by atoms with Gasteiger partial charge in [-0.05, 0) is 19.1 Å². The lowest BCUT2D eigenvalue weighted by molar-refractivity contribution is -0.138. The molecule has 1 aromatic heterocycles. The quantitative estimate of drug-likeness (QED) is 0.844. The van der Waals surface area contributed by atoms with Crippen LogP contribution in [-0.4, -0.2) is 28.0 Å². The number of hydrogen-bond acceptors (Lipinski definition) is 4. The highest BCUT2D eigenvalue weighted by Crippen LogP contribution is 2.27. The van der Waals surface area contributed by atoms with Gasteiger partial charge >= 0.3 is 5.97 Å². The zero-order valence-corrected chi connectivity index (χ0v) is 11.4. The van der Waals surface area contributed by atoms with Crippen molar-refractivity contribution in [1.82, 2.24) is 9.78 Å². The van der Waals surface area contributed by atoms with Crippen molar-refractivity contribution in [2.24, 2.45) is 0 Å². The van der Waals surface area contributed by atoms with Crippen LogP contribution < -0.4 is 10.1 Å². The first kappa shape index (κ1) is 13.9. The van der Waals surface area contributed by atoms with E-state index in [9.17, 15) is 9.90 Å². The zero-order valence-electron chi connectivity index (χ0n) is 11.4. The van der Waals surface area contributed by atoms with Gasteiger partial charge in [-0.25, -0.2) is 4.79 Å². The Hall–Kier alpha value is -2.50. The molecule has 1 unspecified atom stereocenters. The summed E-state index contributed by atoms with van der Waals surface area (Å²) in [5.74, 6) is -0.367. The number of carboxylic acid groups (broad SMARTS) is 1. The number of hydrogen-bond donors (Lipinski definition) is 2. The molecule has 106 valence electrons.